The number of H-pyrrole nitrogens is 1. The zero-order chi connectivity index (χ0) is 20.5. The summed E-state index contributed by atoms with van der Waals surface area (Å²) in [6.45, 7) is 7.77. The van der Waals surface area contributed by atoms with E-state index >= 15 is 0 Å². The molecule has 29 heavy (non-hydrogen) atoms. The minimum atomic E-state index is -0.399. The number of hydrogen-bond donors (Lipinski definition) is 1. The van der Waals surface area contributed by atoms with E-state index in [1.54, 1.807) is 4.90 Å². The van der Waals surface area contributed by atoms with Gasteiger partial charge in [0.1, 0.15) is 0 Å². The molecule has 0 atom stereocenters. The highest BCUT2D eigenvalue weighted by Gasteiger charge is 2.24. The molecule has 5 heteroatoms. The van der Waals surface area contributed by atoms with Gasteiger partial charge in [-0.3, -0.25) is 14.6 Å². The summed E-state index contributed by atoms with van der Waals surface area (Å²) < 4.78 is 0. The van der Waals surface area contributed by atoms with Crippen LogP contribution in [0.5, 0.6) is 0 Å². The van der Waals surface area contributed by atoms with Gasteiger partial charge in [-0.2, -0.15) is 0 Å². The summed E-state index contributed by atoms with van der Waals surface area (Å²) in [6, 6.07) is 10.9. The minimum absolute atomic E-state index is 0.384. The maximum atomic E-state index is 11.6. The van der Waals surface area contributed by atoms with E-state index in [1.165, 1.54) is 27.8 Å². The first-order chi connectivity index (χ1) is 14.0. The van der Waals surface area contributed by atoms with Crippen molar-refractivity contribution in [3.05, 3.63) is 53.3 Å². The predicted molar refractivity (Wildman–Crippen MR) is 115 cm³/mol. The van der Waals surface area contributed by atoms with Gasteiger partial charge in [0, 0.05) is 41.4 Å². The highest BCUT2D eigenvalue weighted by Crippen LogP contribution is 2.38. The number of fused-ring (bicyclic) bond motifs is 1. The number of nitrogens with zero attached hydrogens (tertiary/aromatic N) is 2. The van der Waals surface area contributed by atoms with Crippen molar-refractivity contribution in [3.63, 3.8) is 0 Å². The van der Waals surface area contributed by atoms with E-state index in [1.807, 2.05) is 13.1 Å². The number of benzene rings is 1. The molecule has 1 saturated heterocycles. The molecule has 1 aromatic carbocycles. The van der Waals surface area contributed by atoms with E-state index in [0.29, 0.717) is 31.2 Å². The number of aromatic amines is 1. The van der Waals surface area contributed by atoms with Gasteiger partial charge < -0.3 is 9.88 Å². The lowest BCUT2D eigenvalue weighted by molar-refractivity contribution is -0.139. The molecule has 0 aliphatic carbocycles. The van der Waals surface area contributed by atoms with E-state index in [0.717, 1.165) is 24.1 Å². The molecule has 0 unspecified atom stereocenters. The summed E-state index contributed by atoms with van der Waals surface area (Å²) in [6.07, 6.45) is 4.06. The van der Waals surface area contributed by atoms with Crippen LogP contribution in [0.4, 0.5) is 0 Å². The number of aryl methyl sites for hydroxylation is 1. The SMILES string of the molecule is Cc1cc(-c2[nH]c3ccc(C4CCN(C(=O)C=O)CC4)cc3c2C(C)C)ccn1. The highest BCUT2D eigenvalue weighted by atomic mass is 16.2. The van der Waals surface area contributed by atoms with Crippen LogP contribution in [0.25, 0.3) is 22.2 Å². The molecular weight excluding hydrogens is 362 g/mol. The molecule has 4 rings (SSSR count). The Morgan fingerprint density at radius 2 is 1.97 bits per heavy atom. The van der Waals surface area contributed by atoms with E-state index in [-0.39, 0.29) is 0 Å². The zero-order valence-corrected chi connectivity index (χ0v) is 17.2. The standard InChI is InChI=1S/C24H27N3O2/c1-15(2)23-20-13-18(17-7-10-27(11-8-17)22(29)14-28)4-5-21(20)26-24(23)19-6-9-25-16(3)12-19/h4-6,9,12-15,17,26H,7-8,10-11H2,1-3H3. The fourth-order valence-electron chi connectivity index (χ4n) is 4.52. The van der Waals surface area contributed by atoms with Crippen LogP contribution < -0.4 is 0 Å². The second-order valence-corrected chi connectivity index (χ2v) is 8.28. The summed E-state index contributed by atoms with van der Waals surface area (Å²) in [5.74, 6) is 0.398. The average molecular weight is 389 g/mol. The highest BCUT2D eigenvalue weighted by molar-refractivity contribution is 6.23. The summed E-state index contributed by atoms with van der Waals surface area (Å²) in [5, 5.41) is 1.27. The van der Waals surface area contributed by atoms with Crippen LogP contribution in [0.3, 0.4) is 0 Å². The van der Waals surface area contributed by atoms with Gasteiger partial charge in [0.25, 0.3) is 5.91 Å². The van der Waals surface area contributed by atoms with Crippen molar-refractivity contribution >= 4 is 23.1 Å². The normalized spacial score (nSPS) is 15.2. The smallest absolute Gasteiger partial charge is 0.286 e. The number of likely N-dealkylation sites (tertiary alicyclic amines) is 1. The Morgan fingerprint density at radius 3 is 2.62 bits per heavy atom. The number of aldehydes is 1. The molecule has 1 amide bonds. The molecule has 0 bridgehead atoms. The second kappa shape index (κ2) is 7.82. The number of aromatic nitrogens is 2. The fourth-order valence-corrected chi connectivity index (χ4v) is 4.52. The summed E-state index contributed by atoms with van der Waals surface area (Å²) in [7, 11) is 0. The van der Waals surface area contributed by atoms with Crippen molar-refractivity contribution in [2.45, 2.75) is 45.4 Å². The molecule has 1 aliphatic heterocycles. The number of piperidine rings is 1. The Morgan fingerprint density at radius 1 is 1.21 bits per heavy atom. The van der Waals surface area contributed by atoms with Crippen LogP contribution in [0.1, 0.15) is 55.3 Å². The van der Waals surface area contributed by atoms with Gasteiger partial charge in [0.2, 0.25) is 6.29 Å². The summed E-state index contributed by atoms with van der Waals surface area (Å²) in [5.41, 5.74) is 7.14. The summed E-state index contributed by atoms with van der Waals surface area (Å²) >= 11 is 0. The lowest BCUT2D eigenvalue weighted by Gasteiger charge is -2.31. The third-order valence-electron chi connectivity index (χ3n) is 6.00. The first-order valence-corrected chi connectivity index (χ1v) is 10.3. The molecule has 0 saturated carbocycles. The largest absolute Gasteiger partial charge is 0.354 e. The van der Waals surface area contributed by atoms with Crippen LogP contribution in [0.2, 0.25) is 0 Å². The predicted octanol–water partition coefficient (Wildman–Crippen LogP) is 4.57. The van der Waals surface area contributed by atoms with Crippen molar-refractivity contribution < 1.29 is 9.59 Å². The monoisotopic (exact) mass is 389 g/mol. The van der Waals surface area contributed by atoms with Gasteiger partial charge in [-0.25, -0.2) is 0 Å². The topological polar surface area (TPSA) is 66.1 Å². The van der Waals surface area contributed by atoms with Gasteiger partial charge in [-0.1, -0.05) is 19.9 Å². The molecule has 1 fully saturated rings. The number of pyridine rings is 1. The Kier molecular flexibility index (Phi) is 5.22. The maximum Gasteiger partial charge on any atom is 0.286 e. The first kappa shape index (κ1) is 19.4. The Labute approximate surface area is 171 Å². The lowest BCUT2D eigenvalue weighted by atomic mass is 9.87. The number of carbonyl (C=O) groups excluding carboxylic acids is 2. The molecule has 5 nitrogen and oxygen atoms in total. The molecule has 0 spiro atoms. The number of carbonyl (C=O) groups is 2. The van der Waals surface area contributed by atoms with Gasteiger partial charge in [0.15, 0.2) is 0 Å². The Bertz CT molecular complexity index is 1060. The Balaban J connectivity index is 1.70. The van der Waals surface area contributed by atoms with Crippen molar-refractivity contribution in [3.8, 4) is 11.3 Å². The van der Waals surface area contributed by atoms with Gasteiger partial charge in [-0.15, -0.1) is 0 Å². The van der Waals surface area contributed by atoms with Crippen molar-refractivity contribution in [2.24, 2.45) is 0 Å². The molecule has 0 radical (unpaired) electrons. The lowest BCUT2D eigenvalue weighted by Crippen LogP contribution is -2.38. The number of rotatable bonds is 4. The second-order valence-electron chi connectivity index (χ2n) is 8.28. The van der Waals surface area contributed by atoms with Crippen LogP contribution in [-0.4, -0.2) is 40.2 Å². The maximum absolute atomic E-state index is 11.6. The van der Waals surface area contributed by atoms with Gasteiger partial charge in [-0.05, 0) is 67.0 Å². The van der Waals surface area contributed by atoms with Crippen molar-refractivity contribution in [1.29, 1.82) is 0 Å². The third kappa shape index (κ3) is 3.69. The van der Waals surface area contributed by atoms with Crippen LogP contribution in [0.15, 0.2) is 36.5 Å². The Hall–Kier alpha value is -2.95. The van der Waals surface area contributed by atoms with E-state index in [2.05, 4.69) is 54.1 Å². The average Bonchev–Trinajstić information content (AvgIpc) is 3.12. The summed E-state index contributed by atoms with van der Waals surface area (Å²) in [4.78, 5) is 32.0. The molecule has 150 valence electrons. The molecular formula is C24H27N3O2. The molecule has 1 aliphatic rings. The van der Waals surface area contributed by atoms with Crippen LogP contribution in [-0.2, 0) is 9.59 Å². The van der Waals surface area contributed by atoms with Crippen LogP contribution >= 0.6 is 0 Å². The van der Waals surface area contributed by atoms with E-state index < -0.39 is 5.91 Å². The molecule has 1 N–H and O–H groups in total. The number of nitrogens with one attached hydrogen (secondary N) is 1. The van der Waals surface area contributed by atoms with Crippen molar-refractivity contribution in [1.82, 2.24) is 14.9 Å². The number of amides is 1. The number of hydrogen-bond acceptors (Lipinski definition) is 3. The zero-order valence-electron chi connectivity index (χ0n) is 17.2. The van der Waals surface area contributed by atoms with Crippen LogP contribution in [0, 0.1) is 6.92 Å². The minimum Gasteiger partial charge on any atom is -0.354 e. The third-order valence-corrected chi connectivity index (χ3v) is 6.00. The molecule has 3 aromatic rings. The van der Waals surface area contributed by atoms with Gasteiger partial charge in [0.05, 0.1) is 5.69 Å². The van der Waals surface area contributed by atoms with Crippen molar-refractivity contribution in [2.75, 3.05) is 13.1 Å². The van der Waals surface area contributed by atoms with E-state index in [4.69, 9.17) is 0 Å². The first-order valence-electron chi connectivity index (χ1n) is 10.3. The molecule has 2 aromatic heterocycles. The van der Waals surface area contributed by atoms with Gasteiger partial charge >= 0.3 is 0 Å². The quantitative estimate of drug-likeness (QED) is 0.525. The van der Waals surface area contributed by atoms with E-state index in [9.17, 15) is 9.59 Å². The molecule has 3 heterocycles. The fraction of sp³-hybridized carbons (Fsp3) is 0.375.